The smallest absolute Gasteiger partial charge is 0.138 e. The van der Waals surface area contributed by atoms with E-state index in [0.717, 1.165) is 11.4 Å². The Balaban J connectivity index is 1.70. The van der Waals surface area contributed by atoms with Crippen LogP contribution in [0, 0.1) is 5.41 Å². The first-order valence-electron chi connectivity index (χ1n) is 6.08. The quantitative estimate of drug-likeness (QED) is 0.856. The van der Waals surface area contributed by atoms with Crippen molar-refractivity contribution >= 4 is 0 Å². The number of rotatable bonds is 5. The van der Waals surface area contributed by atoms with E-state index in [0.29, 0.717) is 19.8 Å². The highest BCUT2D eigenvalue weighted by atomic mass is 16.5. The summed E-state index contributed by atoms with van der Waals surface area (Å²) in [6.07, 6.45) is 3.12. The summed E-state index contributed by atoms with van der Waals surface area (Å²) >= 11 is 0. The van der Waals surface area contributed by atoms with E-state index in [4.69, 9.17) is 9.47 Å². The van der Waals surface area contributed by atoms with E-state index >= 15 is 0 Å². The molecular weight excluding hydrogens is 246 g/mol. The molecule has 2 aromatic rings. The van der Waals surface area contributed by atoms with Crippen LogP contribution in [0.15, 0.2) is 36.9 Å². The molecule has 1 saturated heterocycles. The van der Waals surface area contributed by atoms with Crippen LogP contribution in [0.25, 0.3) is 5.69 Å². The van der Waals surface area contributed by atoms with Crippen molar-refractivity contribution in [3.05, 3.63) is 36.9 Å². The third-order valence-corrected chi connectivity index (χ3v) is 3.20. The fourth-order valence-electron chi connectivity index (χ4n) is 1.90. The Kier molecular flexibility index (Phi) is 3.18. The van der Waals surface area contributed by atoms with Gasteiger partial charge in [-0.2, -0.15) is 5.10 Å². The van der Waals surface area contributed by atoms with E-state index in [2.05, 4.69) is 10.1 Å². The Labute approximate surface area is 110 Å². The zero-order valence-corrected chi connectivity index (χ0v) is 10.4. The van der Waals surface area contributed by atoms with Crippen LogP contribution in [0.5, 0.6) is 5.75 Å². The van der Waals surface area contributed by atoms with Gasteiger partial charge in [-0.25, -0.2) is 9.67 Å². The molecule has 0 saturated carbocycles. The number of aliphatic hydroxyl groups excluding tert-OH is 1. The van der Waals surface area contributed by atoms with Crippen molar-refractivity contribution in [2.45, 2.75) is 0 Å². The summed E-state index contributed by atoms with van der Waals surface area (Å²) in [5.41, 5.74) is 0.640. The molecule has 2 heterocycles. The Hall–Kier alpha value is -1.92. The third kappa shape index (κ3) is 2.45. The first kappa shape index (κ1) is 12.1. The SMILES string of the molecule is OCC1(COc2cccc(-n3cncn3)c2)COC1. The molecule has 1 aliphatic heterocycles. The summed E-state index contributed by atoms with van der Waals surface area (Å²) < 4.78 is 12.5. The Morgan fingerprint density at radius 2 is 2.32 bits per heavy atom. The van der Waals surface area contributed by atoms with Crippen LogP contribution in [-0.2, 0) is 4.74 Å². The van der Waals surface area contributed by atoms with Crippen LogP contribution in [-0.4, -0.2) is 46.3 Å². The zero-order valence-electron chi connectivity index (χ0n) is 10.4. The number of hydrogen-bond donors (Lipinski definition) is 1. The highest BCUT2D eigenvalue weighted by Crippen LogP contribution is 2.28. The second-order valence-corrected chi connectivity index (χ2v) is 4.78. The Morgan fingerprint density at radius 1 is 1.42 bits per heavy atom. The van der Waals surface area contributed by atoms with Gasteiger partial charge in [0.2, 0.25) is 0 Å². The Bertz CT molecular complexity index is 532. The van der Waals surface area contributed by atoms with Crippen LogP contribution >= 0.6 is 0 Å². The lowest BCUT2D eigenvalue weighted by molar-refractivity contribution is -0.153. The van der Waals surface area contributed by atoms with Crippen molar-refractivity contribution in [1.82, 2.24) is 14.8 Å². The molecule has 3 rings (SSSR count). The molecule has 6 heteroatoms. The average molecular weight is 261 g/mol. The van der Waals surface area contributed by atoms with Crippen molar-refractivity contribution in [2.75, 3.05) is 26.4 Å². The molecule has 1 aromatic heterocycles. The molecule has 19 heavy (non-hydrogen) atoms. The van der Waals surface area contributed by atoms with E-state index in [-0.39, 0.29) is 12.0 Å². The van der Waals surface area contributed by atoms with Crippen molar-refractivity contribution in [2.24, 2.45) is 5.41 Å². The van der Waals surface area contributed by atoms with E-state index in [1.807, 2.05) is 24.3 Å². The zero-order chi connectivity index (χ0) is 13.1. The minimum atomic E-state index is -0.247. The molecule has 1 N–H and O–H groups in total. The normalized spacial score (nSPS) is 16.9. The number of nitrogens with zero attached hydrogens (tertiary/aromatic N) is 3. The first-order chi connectivity index (χ1) is 9.31. The summed E-state index contributed by atoms with van der Waals surface area (Å²) in [7, 11) is 0. The maximum atomic E-state index is 9.34. The Morgan fingerprint density at radius 3 is 2.95 bits per heavy atom. The van der Waals surface area contributed by atoms with Crippen molar-refractivity contribution in [3.63, 3.8) is 0 Å². The van der Waals surface area contributed by atoms with Gasteiger partial charge in [0.05, 0.1) is 30.9 Å². The van der Waals surface area contributed by atoms with Crippen molar-refractivity contribution in [3.8, 4) is 11.4 Å². The largest absolute Gasteiger partial charge is 0.493 e. The van der Waals surface area contributed by atoms with Gasteiger partial charge < -0.3 is 14.6 Å². The van der Waals surface area contributed by atoms with Gasteiger partial charge in [-0.1, -0.05) is 6.07 Å². The summed E-state index contributed by atoms with van der Waals surface area (Å²) in [6.45, 7) is 1.62. The standard InChI is InChI=1S/C13H15N3O3/c17-5-13(6-18-7-13)8-19-12-3-1-2-11(4-12)16-10-14-9-15-16/h1-4,9-10,17H,5-8H2. The van der Waals surface area contributed by atoms with E-state index in [1.54, 1.807) is 11.0 Å². The van der Waals surface area contributed by atoms with Crippen LogP contribution in [0.4, 0.5) is 0 Å². The van der Waals surface area contributed by atoms with Gasteiger partial charge in [-0.3, -0.25) is 0 Å². The summed E-state index contributed by atoms with van der Waals surface area (Å²) in [5.74, 6) is 0.743. The average Bonchev–Trinajstić information content (AvgIpc) is 2.92. The molecule has 0 bridgehead atoms. The lowest BCUT2D eigenvalue weighted by Crippen LogP contribution is -2.49. The molecule has 0 atom stereocenters. The monoisotopic (exact) mass is 261 g/mol. The highest BCUT2D eigenvalue weighted by molar-refractivity contribution is 5.38. The molecule has 1 aliphatic rings. The minimum Gasteiger partial charge on any atom is -0.493 e. The van der Waals surface area contributed by atoms with Gasteiger partial charge in [0.15, 0.2) is 0 Å². The van der Waals surface area contributed by atoms with Crippen molar-refractivity contribution < 1.29 is 14.6 Å². The molecule has 0 unspecified atom stereocenters. The number of ether oxygens (including phenoxy) is 2. The van der Waals surface area contributed by atoms with Gasteiger partial charge in [-0.05, 0) is 12.1 Å². The molecule has 0 spiro atoms. The summed E-state index contributed by atoms with van der Waals surface area (Å²) in [4.78, 5) is 3.91. The number of aliphatic hydroxyl groups is 1. The molecule has 0 aliphatic carbocycles. The van der Waals surface area contributed by atoms with E-state index in [1.165, 1.54) is 6.33 Å². The molecule has 0 radical (unpaired) electrons. The van der Waals surface area contributed by atoms with E-state index < -0.39 is 0 Å². The highest BCUT2D eigenvalue weighted by Gasteiger charge is 2.39. The fraction of sp³-hybridized carbons (Fsp3) is 0.385. The maximum Gasteiger partial charge on any atom is 0.138 e. The summed E-state index contributed by atoms with van der Waals surface area (Å²) in [5, 5.41) is 13.4. The maximum absolute atomic E-state index is 9.34. The lowest BCUT2D eigenvalue weighted by Gasteiger charge is -2.39. The number of aromatic nitrogens is 3. The molecule has 1 aromatic carbocycles. The molecule has 6 nitrogen and oxygen atoms in total. The van der Waals surface area contributed by atoms with Gasteiger partial charge in [0, 0.05) is 6.07 Å². The van der Waals surface area contributed by atoms with Crippen molar-refractivity contribution in [1.29, 1.82) is 0 Å². The van der Waals surface area contributed by atoms with Crippen LogP contribution in [0.1, 0.15) is 0 Å². The first-order valence-corrected chi connectivity index (χ1v) is 6.08. The second kappa shape index (κ2) is 4.99. The number of benzene rings is 1. The molecular formula is C13H15N3O3. The van der Waals surface area contributed by atoms with Crippen LogP contribution in [0.3, 0.4) is 0 Å². The van der Waals surface area contributed by atoms with Crippen LogP contribution in [0.2, 0.25) is 0 Å². The van der Waals surface area contributed by atoms with E-state index in [9.17, 15) is 5.11 Å². The minimum absolute atomic E-state index is 0.0791. The second-order valence-electron chi connectivity index (χ2n) is 4.78. The number of hydrogen-bond acceptors (Lipinski definition) is 5. The fourth-order valence-corrected chi connectivity index (χ4v) is 1.90. The topological polar surface area (TPSA) is 69.4 Å². The van der Waals surface area contributed by atoms with Gasteiger partial charge in [0.1, 0.15) is 25.0 Å². The van der Waals surface area contributed by atoms with Gasteiger partial charge >= 0.3 is 0 Å². The predicted molar refractivity (Wildman–Crippen MR) is 67.2 cm³/mol. The predicted octanol–water partition coefficient (Wildman–Crippen LogP) is 0.655. The third-order valence-electron chi connectivity index (χ3n) is 3.20. The molecule has 1 fully saturated rings. The lowest BCUT2D eigenvalue weighted by atomic mass is 9.88. The van der Waals surface area contributed by atoms with Gasteiger partial charge in [-0.15, -0.1) is 0 Å². The van der Waals surface area contributed by atoms with Gasteiger partial charge in [0.25, 0.3) is 0 Å². The summed E-state index contributed by atoms with van der Waals surface area (Å²) in [6, 6.07) is 7.59. The van der Waals surface area contributed by atoms with Crippen LogP contribution < -0.4 is 4.74 Å². The molecule has 0 amide bonds. The molecule has 100 valence electrons.